The molecule has 2 aromatic heterocycles. The number of pyridine rings is 1. The Balaban J connectivity index is 1.90. The molecule has 0 bridgehead atoms. The van der Waals surface area contributed by atoms with Crippen LogP contribution in [0.4, 0.5) is 11.5 Å². The first-order chi connectivity index (χ1) is 13.1. The number of rotatable bonds is 3. The number of nitrogens with zero attached hydrogens (tertiary/aromatic N) is 3. The first-order valence-electron chi connectivity index (χ1n) is 9.80. The molecule has 0 spiro atoms. The molecule has 6 heteroatoms. The summed E-state index contributed by atoms with van der Waals surface area (Å²) in [6.45, 7) is 8.53. The molecule has 2 aliphatic heterocycles. The Morgan fingerprint density at radius 1 is 1.07 bits per heavy atom. The average molecular weight is 365 g/mol. The molecule has 1 aromatic carbocycles. The van der Waals surface area contributed by atoms with Gasteiger partial charge in [0.25, 0.3) is 5.56 Å². The summed E-state index contributed by atoms with van der Waals surface area (Å²) >= 11 is 0. The van der Waals surface area contributed by atoms with E-state index in [2.05, 4.69) is 29.7 Å². The van der Waals surface area contributed by atoms with Crippen molar-refractivity contribution >= 4 is 33.2 Å². The first-order valence-corrected chi connectivity index (χ1v) is 9.80. The number of benzene rings is 1. The quantitative estimate of drug-likeness (QED) is 0.528. The lowest BCUT2D eigenvalue weighted by Crippen LogP contribution is -2.36. The summed E-state index contributed by atoms with van der Waals surface area (Å²) in [4.78, 5) is 30.4. The molecule has 0 N–H and O–H groups in total. The maximum atomic E-state index is 13.1. The van der Waals surface area contributed by atoms with Crippen molar-refractivity contribution in [1.82, 2.24) is 4.57 Å². The van der Waals surface area contributed by atoms with Gasteiger partial charge in [0.05, 0.1) is 0 Å². The zero-order chi connectivity index (χ0) is 18.7. The monoisotopic (exact) mass is 365 g/mol. The summed E-state index contributed by atoms with van der Waals surface area (Å²) in [6, 6.07) is 6.00. The van der Waals surface area contributed by atoms with E-state index in [4.69, 9.17) is 4.42 Å². The Labute approximate surface area is 156 Å². The summed E-state index contributed by atoms with van der Waals surface area (Å²) < 4.78 is 7.41. The van der Waals surface area contributed by atoms with Crippen LogP contribution in [0.5, 0.6) is 0 Å². The summed E-state index contributed by atoms with van der Waals surface area (Å²) in [5.74, 6) is 1.01. The largest absolute Gasteiger partial charge is 0.422 e. The Morgan fingerprint density at radius 3 is 2.67 bits per heavy atom. The number of fused-ring (bicyclic) bond motifs is 4. The standard InChI is InChI=1S/C21H23N3O3/c1-3-22(4-2)13-6-7-14-16(12-13)27-21(26)18-17(14)15-8-11-23-9-5-10-24(19(15)23)20(18)25/h6-7,12H,3-5,8-11H2,1-2H3. The van der Waals surface area contributed by atoms with Gasteiger partial charge in [0.1, 0.15) is 16.8 Å². The van der Waals surface area contributed by atoms with E-state index >= 15 is 0 Å². The van der Waals surface area contributed by atoms with Gasteiger partial charge < -0.3 is 14.2 Å². The third-order valence-electron chi connectivity index (χ3n) is 6.05. The summed E-state index contributed by atoms with van der Waals surface area (Å²) in [7, 11) is 0. The van der Waals surface area contributed by atoms with Crippen LogP contribution in [-0.4, -0.2) is 30.7 Å². The fourth-order valence-electron chi connectivity index (χ4n) is 4.78. The minimum atomic E-state index is -0.519. The molecule has 0 saturated carbocycles. The fraction of sp³-hybridized carbons (Fsp3) is 0.429. The molecule has 2 aliphatic rings. The van der Waals surface area contributed by atoms with Crippen LogP contribution in [0.15, 0.2) is 32.2 Å². The highest BCUT2D eigenvalue weighted by molar-refractivity contribution is 6.08. The fourth-order valence-corrected chi connectivity index (χ4v) is 4.78. The van der Waals surface area contributed by atoms with E-state index in [-0.39, 0.29) is 10.9 Å². The minimum Gasteiger partial charge on any atom is -0.422 e. The Bertz CT molecular complexity index is 1190. The smallest absolute Gasteiger partial charge is 0.349 e. The number of hydrogen-bond acceptors (Lipinski definition) is 5. The number of anilines is 2. The van der Waals surface area contributed by atoms with Crippen molar-refractivity contribution in [3.8, 4) is 0 Å². The van der Waals surface area contributed by atoms with E-state index in [9.17, 15) is 9.59 Å². The van der Waals surface area contributed by atoms with Crippen LogP contribution in [0.1, 0.15) is 25.8 Å². The third-order valence-corrected chi connectivity index (χ3v) is 6.05. The third kappa shape index (κ3) is 2.19. The molecule has 3 aromatic rings. The Morgan fingerprint density at radius 2 is 1.89 bits per heavy atom. The summed E-state index contributed by atoms with van der Waals surface area (Å²) in [5, 5.41) is 1.87. The molecule has 6 nitrogen and oxygen atoms in total. The van der Waals surface area contributed by atoms with Crippen molar-refractivity contribution in [2.24, 2.45) is 0 Å². The van der Waals surface area contributed by atoms with Crippen molar-refractivity contribution in [2.75, 3.05) is 36.0 Å². The highest BCUT2D eigenvalue weighted by atomic mass is 16.4. The zero-order valence-corrected chi connectivity index (χ0v) is 15.7. The number of aromatic nitrogens is 1. The zero-order valence-electron chi connectivity index (χ0n) is 15.7. The van der Waals surface area contributed by atoms with Crippen LogP contribution in [0.25, 0.3) is 21.7 Å². The van der Waals surface area contributed by atoms with Crippen molar-refractivity contribution in [3.05, 3.63) is 44.5 Å². The maximum absolute atomic E-state index is 13.1. The van der Waals surface area contributed by atoms with E-state index in [1.807, 2.05) is 12.1 Å². The van der Waals surface area contributed by atoms with Gasteiger partial charge in [0.15, 0.2) is 0 Å². The average Bonchev–Trinajstić information content (AvgIpc) is 3.11. The highest BCUT2D eigenvalue weighted by Crippen LogP contribution is 2.37. The van der Waals surface area contributed by atoms with Gasteiger partial charge in [-0.05, 0) is 38.8 Å². The molecule has 0 saturated heterocycles. The van der Waals surface area contributed by atoms with Gasteiger partial charge in [0.2, 0.25) is 0 Å². The molecule has 4 heterocycles. The van der Waals surface area contributed by atoms with Crippen molar-refractivity contribution in [2.45, 2.75) is 33.2 Å². The topological polar surface area (TPSA) is 58.7 Å². The lowest BCUT2D eigenvalue weighted by atomic mass is 10.0. The van der Waals surface area contributed by atoms with Crippen LogP contribution < -0.4 is 21.0 Å². The van der Waals surface area contributed by atoms with Gasteiger partial charge in [-0.15, -0.1) is 0 Å². The van der Waals surface area contributed by atoms with Crippen LogP contribution in [0.3, 0.4) is 0 Å². The molecule has 0 amide bonds. The van der Waals surface area contributed by atoms with Crippen molar-refractivity contribution in [1.29, 1.82) is 0 Å². The van der Waals surface area contributed by atoms with Gasteiger partial charge in [0, 0.05) is 60.8 Å². The lowest BCUT2D eigenvalue weighted by Gasteiger charge is -2.28. The maximum Gasteiger partial charge on any atom is 0.349 e. The normalized spacial score (nSPS) is 15.6. The van der Waals surface area contributed by atoms with Gasteiger partial charge in [-0.3, -0.25) is 9.36 Å². The molecule has 0 aliphatic carbocycles. The van der Waals surface area contributed by atoms with Crippen LogP contribution >= 0.6 is 0 Å². The molecule has 27 heavy (non-hydrogen) atoms. The molecule has 0 fully saturated rings. The Kier molecular flexibility index (Phi) is 3.57. The second kappa shape index (κ2) is 5.87. The first kappa shape index (κ1) is 16.4. The molecule has 5 rings (SSSR count). The van der Waals surface area contributed by atoms with Gasteiger partial charge in [-0.1, -0.05) is 0 Å². The lowest BCUT2D eigenvalue weighted by molar-refractivity contribution is 0.554. The molecule has 140 valence electrons. The second-order valence-corrected chi connectivity index (χ2v) is 7.34. The molecular formula is C21H23N3O3. The SMILES string of the molecule is CCN(CC)c1ccc2c(c1)oc(=O)c1c(=O)n3c4c(c12)CCN4CCC3. The second-order valence-electron chi connectivity index (χ2n) is 7.34. The van der Waals surface area contributed by atoms with Gasteiger partial charge >= 0.3 is 5.63 Å². The summed E-state index contributed by atoms with van der Waals surface area (Å²) in [5.41, 5.74) is 1.99. The predicted octanol–water partition coefficient (Wildman–Crippen LogP) is 2.72. The van der Waals surface area contributed by atoms with Gasteiger partial charge in [-0.25, -0.2) is 4.79 Å². The predicted molar refractivity (Wildman–Crippen MR) is 108 cm³/mol. The van der Waals surface area contributed by atoms with E-state index in [0.717, 1.165) is 66.9 Å². The van der Waals surface area contributed by atoms with Crippen LogP contribution in [0.2, 0.25) is 0 Å². The van der Waals surface area contributed by atoms with Crippen LogP contribution in [0, 0.1) is 0 Å². The van der Waals surface area contributed by atoms with Crippen molar-refractivity contribution < 1.29 is 4.42 Å². The molecular weight excluding hydrogens is 342 g/mol. The van der Waals surface area contributed by atoms with Crippen LogP contribution in [-0.2, 0) is 13.0 Å². The molecule has 0 unspecified atom stereocenters. The van der Waals surface area contributed by atoms with Crippen molar-refractivity contribution in [3.63, 3.8) is 0 Å². The van der Waals surface area contributed by atoms with E-state index in [1.54, 1.807) is 4.57 Å². The highest BCUT2D eigenvalue weighted by Gasteiger charge is 2.31. The molecule has 0 radical (unpaired) electrons. The summed E-state index contributed by atoms with van der Waals surface area (Å²) in [6.07, 6.45) is 1.80. The molecule has 0 atom stereocenters. The minimum absolute atomic E-state index is 0.209. The van der Waals surface area contributed by atoms with E-state index in [1.165, 1.54) is 0 Å². The van der Waals surface area contributed by atoms with E-state index in [0.29, 0.717) is 12.1 Å². The van der Waals surface area contributed by atoms with E-state index < -0.39 is 5.63 Å². The van der Waals surface area contributed by atoms with Gasteiger partial charge in [-0.2, -0.15) is 0 Å². The Hall–Kier alpha value is -2.76. The number of hydrogen-bond donors (Lipinski definition) is 0.